The Hall–Kier alpha value is -1.69. The first kappa shape index (κ1) is 14.7. The fourth-order valence-corrected chi connectivity index (χ4v) is 1.90. The fourth-order valence-electron chi connectivity index (χ4n) is 1.90. The Kier molecular flexibility index (Phi) is 4.55. The molecule has 0 spiro atoms. The summed E-state index contributed by atoms with van der Waals surface area (Å²) in [6, 6.07) is 8.77. The van der Waals surface area contributed by atoms with Crippen molar-refractivity contribution in [2.45, 2.75) is 6.92 Å². The highest BCUT2D eigenvalue weighted by atomic mass is 19.4. The molecule has 0 aliphatic heterocycles. The molecule has 20 heavy (non-hydrogen) atoms. The minimum atomic E-state index is -4.96. The summed E-state index contributed by atoms with van der Waals surface area (Å²) in [5.41, 5.74) is -0.581. The zero-order chi connectivity index (χ0) is 14.6. The Morgan fingerprint density at radius 2 is 1.65 bits per heavy atom. The van der Waals surface area contributed by atoms with Crippen LogP contribution >= 0.6 is 0 Å². The number of benzene rings is 2. The van der Waals surface area contributed by atoms with Crippen molar-refractivity contribution in [1.82, 2.24) is 0 Å². The second-order valence-corrected chi connectivity index (χ2v) is 4.39. The lowest BCUT2D eigenvalue weighted by Gasteiger charge is -2.15. The average molecular weight is 283 g/mol. The molecule has 6 heteroatoms. The maximum Gasteiger partial charge on any atom is 0.509 e. The number of ether oxygens (including phenoxy) is 2. The van der Waals surface area contributed by atoms with Gasteiger partial charge in [-0.15, -0.1) is 5.46 Å². The van der Waals surface area contributed by atoms with Crippen LogP contribution in [-0.2, 0) is 4.74 Å². The number of rotatable bonds is 6. The maximum absolute atomic E-state index is 12.7. The van der Waals surface area contributed by atoms with Gasteiger partial charge in [0.25, 0.3) is 0 Å². The van der Waals surface area contributed by atoms with E-state index >= 15 is 0 Å². The van der Waals surface area contributed by atoms with Crippen molar-refractivity contribution in [2.24, 2.45) is 0 Å². The molecule has 0 atom stereocenters. The molecular formula is C14H15BF3O2-. The van der Waals surface area contributed by atoms with Gasteiger partial charge in [0, 0.05) is 6.61 Å². The van der Waals surface area contributed by atoms with E-state index in [1.165, 1.54) is 12.1 Å². The summed E-state index contributed by atoms with van der Waals surface area (Å²) in [6.07, 6.45) is 0. The molecule has 0 unspecified atom stereocenters. The summed E-state index contributed by atoms with van der Waals surface area (Å²) in [6.45, 7) is -1.52. The van der Waals surface area contributed by atoms with Gasteiger partial charge >= 0.3 is 6.98 Å². The van der Waals surface area contributed by atoms with E-state index in [9.17, 15) is 12.9 Å². The zero-order valence-corrected chi connectivity index (χ0v) is 11.1. The van der Waals surface area contributed by atoms with Crippen LogP contribution in [0.5, 0.6) is 5.75 Å². The minimum absolute atomic E-state index is 0.420. The third-order valence-corrected chi connectivity index (χ3v) is 2.91. The monoisotopic (exact) mass is 283 g/mol. The molecule has 2 aromatic rings. The first-order chi connectivity index (χ1) is 9.50. The highest BCUT2D eigenvalue weighted by Gasteiger charge is 2.25. The molecule has 0 amide bonds. The molecule has 2 nitrogen and oxygen atoms in total. The topological polar surface area (TPSA) is 18.5 Å². The SMILES string of the molecule is CCOCCOc1ccc2cc([B-](F)(F)F)ccc2c1. The van der Waals surface area contributed by atoms with Gasteiger partial charge in [-0.05, 0) is 29.8 Å². The van der Waals surface area contributed by atoms with E-state index in [4.69, 9.17) is 9.47 Å². The molecule has 0 N–H and O–H groups in total. The average Bonchev–Trinajstić information content (AvgIpc) is 2.42. The summed E-state index contributed by atoms with van der Waals surface area (Å²) in [5, 5.41) is 1.28. The quantitative estimate of drug-likeness (QED) is 0.598. The number of hydrogen-bond donors (Lipinski definition) is 0. The maximum atomic E-state index is 12.7. The summed E-state index contributed by atoms with van der Waals surface area (Å²) >= 11 is 0. The fraction of sp³-hybridized carbons (Fsp3) is 0.286. The number of fused-ring (bicyclic) bond motifs is 1. The highest BCUT2D eigenvalue weighted by molar-refractivity contribution is 6.73. The van der Waals surface area contributed by atoms with Crippen LogP contribution in [0.3, 0.4) is 0 Å². The third kappa shape index (κ3) is 3.66. The van der Waals surface area contributed by atoms with Gasteiger partial charge in [0.15, 0.2) is 0 Å². The van der Waals surface area contributed by atoms with E-state index in [-0.39, 0.29) is 0 Å². The lowest BCUT2D eigenvalue weighted by Crippen LogP contribution is -2.33. The van der Waals surface area contributed by atoms with Crippen molar-refractivity contribution in [3.05, 3.63) is 36.4 Å². The first-order valence-electron chi connectivity index (χ1n) is 6.45. The van der Waals surface area contributed by atoms with Crippen LogP contribution in [0.4, 0.5) is 12.9 Å². The second kappa shape index (κ2) is 6.18. The van der Waals surface area contributed by atoms with Crippen LogP contribution in [0.25, 0.3) is 10.8 Å². The molecule has 0 aromatic heterocycles. The van der Waals surface area contributed by atoms with Crippen LogP contribution < -0.4 is 10.2 Å². The Labute approximate surface area is 115 Å². The van der Waals surface area contributed by atoms with Crippen molar-refractivity contribution >= 4 is 23.2 Å². The van der Waals surface area contributed by atoms with Crippen LogP contribution in [0.2, 0.25) is 0 Å². The van der Waals surface area contributed by atoms with Gasteiger partial charge in [0.05, 0.1) is 6.61 Å². The van der Waals surface area contributed by atoms with E-state index in [1.54, 1.807) is 18.2 Å². The third-order valence-electron chi connectivity index (χ3n) is 2.91. The summed E-state index contributed by atoms with van der Waals surface area (Å²) < 4.78 is 48.6. The van der Waals surface area contributed by atoms with E-state index in [0.717, 1.165) is 11.5 Å². The van der Waals surface area contributed by atoms with E-state index in [0.29, 0.717) is 31.0 Å². The van der Waals surface area contributed by atoms with Gasteiger partial charge in [-0.25, -0.2) is 0 Å². The van der Waals surface area contributed by atoms with Gasteiger partial charge in [-0.3, -0.25) is 0 Å². The van der Waals surface area contributed by atoms with Crippen molar-refractivity contribution in [1.29, 1.82) is 0 Å². The highest BCUT2D eigenvalue weighted by Crippen LogP contribution is 2.21. The molecule has 0 aliphatic rings. The predicted molar refractivity (Wildman–Crippen MR) is 74.6 cm³/mol. The van der Waals surface area contributed by atoms with Crippen molar-refractivity contribution in [2.75, 3.05) is 19.8 Å². The molecular weight excluding hydrogens is 268 g/mol. The Balaban J connectivity index is 2.15. The van der Waals surface area contributed by atoms with Crippen molar-refractivity contribution < 1.29 is 22.4 Å². The smallest absolute Gasteiger partial charge is 0.491 e. The number of hydrogen-bond acceptors (Lipinski definition) is 2. The number of halogens is 3. The Morgan fingerprint density at radius 1 is 0.950 bits per heavy atom. The summed E-state index contributed by atoms with van der Waals surface area (Å²) in [5.74, 6) is 0.627. The molecule has 2 aromatic carbocycles. The Morgan fingerprint density at radius 3 is 2.35 bits per heavy atom. The molecule has 0 heterocycles. The zero-order valence-electron chi connectivity index (χ0n) is 11.1. The molecule has 0 bridgehead atoms. The predicted octanol–water partition coefficient (Wildman–Crippen LogP) is 3.31. The normalized spacial score (nSPS) is 11.8. The van der Waals surface area contributed by atoms with Crippen LogP contribution in [0, 0.1) is 0 Å². The second-order valence-electron chi connectivity index (χ2n) is 4.39. The summed E-state index contributed by atoms with van der Waals surface area (Å²) in [7, 11) is 0. The van der Waals surface area contributed by atoms with Crippen molar-refractivity contribution in [3.63, 3.8) is 0 Å². The molecule has 0 fully saturated rings. The largest absolute Gasteiger partial charge is 0.509 e. The van der Waals surface area contributed by atoms with E-state index in [2.05, 4.69) is 0 Å². The molecule has 0 saturated carbocycles. The summed E-state index contributed by atoms with van der Waals surface area (Å²) in [4.78, 5) is 0. The lowest BCUT2D eigenvalue weighted by molar-refractivity contribution is 0.110. The van der Waals surface area contributed by atoms with Gasteiger partial charge in [0.1, 0.15) is 12.4 Å². The van der Waals surface area contributed by atoms with Gasteiger partial charge in [-0.2, -0.15) is 0 Å². The molecule has 0 saturated heterocycles. The van der Waals surface area contributed by atoms with Crippen LogP contribution in [0.15, 0.2) is 36.4 Å². The van der Waals surface area contributed by atoms with Crippen molar-refractivity contribution in [3.8, 4) is 5.75 Å². The lowest BCUT2D eigenvalue weighted by atomic mass is 9.79. The molecule has 0 radical (unpaired) electrons. The van der Waals surface area contributed by atoms with Gasteiger partial charge < -0.3 is 22.4 Å². The van der Waals surface area contributed by atoms with E-state index < -0.39 is 12.4 Å². The first-order valence-corrected chi connectivity index (χ1v) is 6.45. The Bertz CT molecular complexity index is 584. The van der Waals surface area contributed by atoms with E-state index in [1.807, 2.05) is 6.92 Å². The molecule has 0 aliphatic carbocycles. The van der Waals surface area contributed by atoms with Gasteiger partial charge in [0.2, 0.25) is 0 Å². The van der Waals surface area contributed by atoms with Crippen LogP contribution in [-0.4, -0.2) is 26.8 Å². The van der Waals surface area contributed by atoms with Crippen LogP contribution in [0.1, 0.15) is 6.92 Å². The molecule has 108 valence electrons. The molecule has 2 rings (SSSR count). The van der Waals surface area contributed by atoms with Gasteiger partial charge in [-0.1, -0.05) is 24.3 Å². The standard InChI is InChI=1S/C14H15BF3O2/c1-2-19-7-8-20-14-6-4-11-9-13(15(16,17)18)5-3-12(11)10-14/h3-6,9-10H,2,7-8H2,1H3/q-1. The minimum Gasteiger partial charge on any atom is -0.491 e.